The minimum atomic E-state index is -0.372. The monoisotopic (exact) mass is 322 g/mol. The maximum absolute atomic E-state index is 12.5. The Hall–Kier alpha value is -1.14. The molecule has 2 aliphatic heterocycles. The Morgan fingerprint density at radius 3 is 2.81 bits per heavy atom. The van der Waals surface area contributed by atoms with E-state index in [1.54, 1.807) is 28.4 Å². The van der Waals surface area contributed by atoms with Crippen molar-refractivity contribution in [3.05, 3.63) is 35.9 Å². The summed E-state index contributed by atoms with van der Waals surface area (Å²) in [5.41, 5.74) is 1.07. The Bertz CT molecular complexity index is 524. The van der Waals surface area contributed by atoms with Crippen molar-refractivity contribution in [3.8, 4) is 0 Å². The average molecular weight is 322 g/mol. The molecule has 2 heterocycles. The first-order valence-corrected chi connectivity index (χ1v) is 9.21. The molecule has 3 rings (SSSR count). The number of thioether (sulfide) groups is 2. The van der Waals surface area contributed by atoms with Gasteiger partial charge in [-0.15, -0.1) is 23.5 Å². The molecule has 0 radical (unpaired) electrons. The summed E-state index contributed by atoms with van der Waals surface area (Å²) in [7, 11) is 0. The highest BCUT2D eigenvalue weighted by atomic mass is 32.2. The number of benzene rings is 1. The lowest BCUT2D eigenvalue weighted by atomic mass is 10.2. The highest BCUT2D eigenvalue weighted by Crippen LogP contribution is 2.37. The van der Waals surface area contributed by atoms with Crippen molar-refractivity contribution in [2.75, 3.05) is 11.5 Å². The third-order valence-electron chi connectivity index (χ3n) is 3.66. The van der Waals surface area contributed by atoms with Gasteiger partial charge >= 0.3 is 0 Å². The standard InChI is InChI=1S/C15H18N2O2S2/c18-12-6-7-13-17(12)15(21-9-8-20-13)14(19)16-10-11-4-2-1-3-5-11/h1-5,13,15H,6-10H2,(H,16,19)/t13-,15-/m1/s1. The largest absolute Gasteiger partial charge is 0.349 e. The lowest BCUT2D eigenvalue weighted by Gasteiger charge is -2.28. The van der Waals surface area contributed by atoms with Gasteiger partial charge in [0.2, 0.25) is 5.91 Å². The number of carbonyl (C=O) groups is 2. The molecule has 0 saturated carbocycles. The Morgan fingerprint density at radius 1 is 1.24 bits per heavy atom. The molecule has 1 N–H and O–H groups in total. The Balaban J connectivity index is 1.66. The van der Waals surface area contributed by atoms with Crippen molar-refractivity contribution < 1.29 is 9.59 Å². The summed E-state index contributed by atoms with van der Waals surface area (Å²) in [6.07, 6.45) is 1.44. The van der Waals surface area contributed by atoms with Gasteiger partial charge in [0.05, 0.1) is 5.37 Å². The van der Waals surface area contributed by atoms with Crippen LogP contribution < -0.4 is 5.32 Å². The van der Waals surface area contributed by atoms with Gasteiger partial charge in [0.15, 0.2) is 5.37 Å². The molecule has 21 heavy (non-hydrogen) atoms. The van der Waals surface area contributed by atoms with Gasteiger partial charge in [-0.2, -0.15) is 0 Å². The summed E-state index contributed by atoms with van der Waals surface area (Å²) < 4.78 is 0. The fraction of sp³-hybridized carbons (Fsp3) is 0.467. The summed E-state index contributed by atoms with van der Waals surface area (Å²) in [6.45, 7) is 0.510. The second-order valence-electron chi connectivity index (χ2n) is 5.09. The van der Waals surface area contributed by atoms with Gasteiger partial charge in [0, 0.05) is 24.5 Å². The molecule has 2 fully saturated rings. The van der Waals surface area contributed by atoms with Crippen LogP contribution in [0.3, 0.4) is 0 Å². The van der Waals surface area contributed by atoms with Crippen molar-refractivity contribution >= 4 is 35.3 Å². The van der Waals surface area contributed by atoms with Gasteiger partial charge in [-0.25, -0.2) is 0 Å². The predicted octanol–water partition coefficient (Wildman–Crippen LogP) is 2.06. The molecule has 0 spiro atoms. The maximum Gasteiger partial charge on any atom is 0.253 e. The molecule has 112 valence electrons. The van der Waals surface area contributed by atoms with Crippen LogP contribution in [0.15, 0.2) is 30.3 Å². The molecule has 0 aromatic heterocycles. The number of hydrogen-bond donors (Lipinski definition) is 1. The van der Waals surface area contributed by atoms with E-state index in [4.69, 9.17) is 0 Å². The zero-order valence-electron chi connectivity index (χ0n) is 11.7. The smallest absolute Gasteiger partial charge is 0.253 e. The molecule has 0 bridgehead atoms. The lowest BCUT2D eigenvalue weighted by molar-refractivity contribution is -0.134. The summed E-state index contributed by atoms with van der Waals surface area (Å²) in [5.74, 6) is 1.98. The zero-order chi connectivity index (χ0) is 14.7. The van der Waals surface area contributed by atoms with E-state index < -0.39 is 0 Å². The molecule has 2 aliphatic rings. The molecule has 0 aliphatic carbocycles. The van der Waals surface area contributed by atoms with Crippen LogP contribution in [-0.4, -0.2) is 39.0 Å². The van der Waals surface area contributed by atoms with Crippen molar-refractivity contribution in [1.82, 2.24) is 10.2 Å². The fourth-order valence-corrected chi connectivity index (χ4v) is 5.31. The number of rotatable bonds is 3. The highest BCUT2D eigenvalue weighted by Gasteiger charge is 2.41. The highest BCUT2D eigenvalue weighted by molar-refractivity contribution is 8.04. The van der Waals surface area contributed by atoms with E-state index in [2.05, 4.69) is 5.32 Å². The van der Waals surface area contributed by atoms with Gasteiger partial charge in [0.1, 0.15) is 0 Å². The van der Waals surface area contributed by atoms with Crippen molar-refractivity contribution in [3.63, 3.8) is 0 Å². The van der Waals surface area contributed by atoms with Crippen LogP contribution in [0, 0.1) is 0 Å². The maximum atomic E-state index is 12.5. The van der Waals surface area contributed by atoms with Gasteiger partial charge < -0.3 is 10.2 Å². The molecule has 1 aromatic rings. The van der Waals surface area contributed by atoms with Crippen LogP contribution in [0.25, 0.3) is 0 Å². The number of fused-ring (bicyclic) bond motifs is 1. The first-order chi connectivity index (χ1) is 10.3. The van der Waals surface area contributed by atoms with Crippen LogP contribution in [0.5, 0.6) is 0 Å². The van der Waals surface area contributed by atoms with Gasteiger partial charge in [-0.3, -0.25) is 9.59 Å². The molecule has 4 nitrogen and oxygen atoms in total. The SMILES string of the molecule is O=C(NCc1ccccc1)[C@H]1SCCS[C@@H]2CCC(=O)N12. The minimum Gasteiger partial charge on any atom is -0.349 e. The Kier molecular flexibility index (Phi) is 4.75. The molecule has 2 atom stereocenters. The summed E-state index contributed by atoms with van der Waals surface area (Å²) in [5, 5.41) is 2.78. The van der Waals surface area contributed by atoms with Crippen LogP contribution in [-0.2, 0) is 16.1 Å². The van der Waals surface area contributed by atoms with E-state index in [9.17, 15) is 9.59 Å². The fourth-order valence-electron chi connectivity index (χ4n) is 2.62. The molecule has 1 aromatic carbocycles. The summed E-state index contributed by atoms with van der Waals surface area (Å²) >= 11 is 3.38. The Labute approximate surface area is 133 Å². The van der Waals surface area contributed by atoms with Crippen LogP contribution in [0.2, 0.25) is 0 Å². The quantitative estimate of drug-likeness (QED) is 0.925. The number of nitrogens with one attached hydrogen (secondary N) is 1. The third-order valence-corrected chi connectivity index (χ3v) is 6.40. The predicted molar refractivity (Wildman–Crippen MR) is 86.9 cm³/mol. The lowest BCUT2D eigenvalue weighted by Crippen LogP contribution is -2.47. The number of amides is 2. The van der Waals surface area contributed by atoms with E-state index >= 15 is 0 Å². The van der Waals surface area contributed by atoms with E-state index in [-0.39, 0.29) is 22.6 Å². The summed E-state index contributed by atoms with van der Waals surface area (Å²) in [6, 6.07) is 9.84. The van der Waals surface area contributed by atoms with Crippen molar-refractivity contribution in [2.45, 2.75) is 30.1 Å². The first kappa shape index (κ1) is 14.8. The average Bonchev–Trinajstić information content (AvgIpc) is 2.75. The number of hydrogen-bond acceptors (Lipinski definition) is 4. The number of carbonyl (C=O) groups excluding carboxylic acids is 2. The zero-order valence-corrected chi connectivity index (χ0v) is 13.3. The van der Waals surface area contributed by atoms with Gasteiger partial charge in [-0.1, -0.05) is 30.3 Å². The van der Waals surface area contributed by atoms with Gasteiger partial charge in [-0.05, 0) is 12.0 Å². The van der Waals surface area contributed by atoms with Crippen LogP contribution in [0.4, 0.5) is 0 Å². The van der Waals surface area contributed by atoms with E-state index in [1.807, 2.05) is 30.3 Å². The Morgan fingerprint density at radius 2 is 2.00 bits per heavy atom. The topological polar surface area (TPSA) is 49.4 Å². The molecular formula is C15H18N2O2S2. The van der Waals surface area contributed by atoms with Crippen LogP contribution in [0.1, 0.15) is 18.4 Å². The minimum absolute atomic E-state index is 0.0494. The first-order valence-electron chi connectivity index (χ1n) is 7.12. The van der Waals surface area contributed by atoms with Crippen molar-refractivity contribution in [1.29, 1.82) is 0 Å². The number of nitrogens with zero attached hydrogens (tertiary/aromatic N) is 1. The van der Waals surface area contributed by atoms with E-state index in [0.717, 1.165) is 23.5 Å². The molecular weight excluding hydrogens is 304 g/mol. The third kappa shape index (κ3) is 3.37. The van der Waals surface area contributed by atoms with Crippen molar-refractivity contribution in [2.24, 2.45) is 0 Å². The van der Waals surface area contributed by atoms with Gasteiger partial charge in [0.25, 0.3) is 5.91 Å². The second-order valence-corrected chi connectivity index (χ2v) is 7.57. The molecule has 0 unspecified atom stereocenters. The second kappa shape index (κ2) is 6.75. The molecule has 6 heteroatoms. The normalized spacial score (nSPS) is 25.3. The van der Waals surface area contributed by atoms with E-state index in [1.165, 1.54) is 0 Å². The molecule has 2 saturated heterocycles. The van der Waals surface area contributed by atoms with E-state index in [0.29, 0.717) is 13.0 Å². The van der Waals surface area contributed by atoms with Crippen LogP contribution >= 0.6 is 23.5 Å². The summed E-state index contributed by atoms with van der Waals surface area (Å²) in [4.78, 5) is 26.3. The molecule has 2 amide bonds.